The van der Waals surface area contributed by atoms with Gasteiger partial charge in [0.15, 0.2) is 0 Å². The SMILES string of the molecule is CCOC(CCCCCCCCCc1ccoc1)(OCC)OCC. The van der Waals surface area contributed by atoms with Crippen LogP contribution in [0.5, 0.6) is 0 Å². The lowest BCUT2D eigenvalue weighted by molar-refractivity contribution is -0.380. The molecule has 0 radical (unpaired) electrons. The van der Waals surface area contributed by atoms with E-state index in [1.807, 2.05) is 27.0 Å². The van der Waals surface area contributed by atoms with Crippen LogP contribution in [0.1, 0.15) is 77.7 Å². The van der Waals surface area contributed by atoms with E-state index in [0.717, 1.165) is 19.3 Å². The molecule has 1 rings (SSSR count). The predicted octanol–water partition coefficient (Wildman–Crippen LogP) is 5.71. The van der Waals surface area contributed by atoms with Crippen LogP contribution in [-0.4, -0.2) is 25.8 Å². The third-order valence-electron chi connectivity index (χ3n) is 4.12. The molecule has 4 nitrogen and oxygen atoms in total. The molecule has 0 aliphatic carbocycles. The Labute approximate surface area is 147 Å². The van der Waals surface area contributed by atoms with E-state index < -0.39 is 5.97 Å². The summed E-state index contributed by atoms with van der Waals surface area (Å²) in [6.07, 6.45) is 14.3. The molecule has 0 aliphatic rings. The maximum Gasteiger partial charge on any atom is 0.282 e. The molecule has 4 heteroatoms. The van der Waals surface area contributed by atoms with Crippen LogP contribution in [0.25, 0.3) is 0 Å². The number of ether oxygens (including phenoxy) is 3. The van der Waals surface area contributed by atoms with Gasteiger partial charge in [-0.15, -0.1) is 0 Å². The molecule has 0 aliphatic heterocycles. The van der Waals surface area contributed by atoms with Crippen molar-refractivity contribution in [3.63, 3.8) is 0 Å². The van der Waals surface area contributed by atoms with E-state index in [2.05, 4.69) is 6.07 Å². The van der Waals surface area contributed by atoms with Crippen LogP contribution >= 0.6 is 0 Å². The Morgan fingerprint density at radius 1 is 0.792 bits per heavy atom. The van der Waals surface area contributed by atoms with Gasteiger partial charge in [0.25, 0.3) is 5.97 Å². The monoisotopic (exact) mass is 340 g/mol. The van der Waals surface area contributed by atoms with Gasteiger partial charge in [0.05, 0.1) is 12.5 Å². The minimum absolute atomic E-state index is 0.608. The first-order valence-electron chi connectivity index (χ1n) is 9.69. The second-order valence-corrected chi connectivity index (χ2v) is 6.09. The van der Waals surface area contributed by atoms with Crippen molar-refractivity contribution in [2.45, 2.75) is 84.5 Å². The Morgan fingerprint density at radius 2 is 1.33 bits per heavy atom. The summed E-state index contributed by atoms with van der Waals surface area (Å²) in [5.41, 5.74) is 1.31. The average molecular weight is 341 g/mol. The second kappa shape index (κ2) is 13.5. The molecule has 0 bridgehead atoms. The molecule has 1 heterocycles. The highest BCUT2D eigenvalue weighted by molar-refractivity contribution is 5.04. The largest absolute Gasteiger partial charge is 0.472 e. The fourth-order valence-electron chi connectivity index (χ4n) is 2.99. The fraction of sp³-hybridized carbons (Fsp3) is 0.800. The quantitative estimate of drug-likeness (QED) is 0.286. The Kier molecular flexibility index (Phi) is 11.9. The van der Waals surface area contributed by atoms with Gasteiger partial charge in [0.2, 0.25) is 0 Å². The topological polar surface area (TPSA) is 40.8 Å². The van der Waals surface area contributed by atoms with Crippen molar-refractivity contribution < 1.29 is 18.6 Å². The van der Waals surface area contributed by atoms with Crippen LogP contribution in [0.2, 0.25) is 0 Å². The molecular weight excluding hydrogens is 304 g/mol. The maximum absolute atomic E-state index is 5.75. The van der Waals surface area contributed by atoms with Crippen molar-refractivity contribution >= 4 is 0 Å². The Hall–Kier alpha value is -0.840. The fourth-order valence-corrected chi connectivity index (χ4v) is 2.99. The van der Waals surface area contributed by atoms with Gasteiger partial charge in [-0.25, -0.2) is 0 Å². The summed E-state index contributed by atoms with van der Waals surface area (Å²) in [5.74, 6) is -0.831. The van der Waals surface area contributed by atoms with Gasteiger partial charge in [0.1, 0.15) is 0 Å². The van der Waals surface area contributed by atoms with Crippen molar-refractivity contribution in [2.24, 2.45) is 0 Å². The number of unbranched alkanes of at least 4 members (excludes halogenated alkanes) is 6. The number of furan rings is 1. The highest BCUT2D eigenvalue weighted by Gasteiger charge is 2.31. The number of aryl methyl sites for hydroxylation is 1. The predicted molar refractivity (Wildman–Crippen MR) is 97.0 cm³/mol. The lowest BCUT2D eigenvalue weighted by Crippen LogP contribution is -2.39. The van der Waals surface area contributed by atoms with Crippen LogP contribution in [0.4, 0.5) is 0 Å². The highest BCUT2D eigenvalue weighted by atomic mass is 16.9. The highest BCUT2D eigenvalue weighted by Crippen LogP contribution is 2.24. The average Bonchev–Trinajstić information content (AvgIpc) is 3.07. The number of hydrogen-bond donors (Lipinski definition) is 0. The summed E-state index contributed by atoms with van der Waals surface area (Å²) in [7, 11) is 0. The number of hydrogen-bond acceptors (Lipinski definition) is 4. The van der Waals surface area contributed by atoms with Crippen molar-refractivity contribution in [1.82, 2.24) is 0 Å². The zero-order valence-corrected chi connectivity index (χ0v) is 15.9. The lowest BCUT2D eigenvalue weighted by Gasteiger charge is -2.32. The van der Waals surface area contributed by atoms with Crippen LogP contribution < -0.4 is 0 Å². The van der Waals surface area contributed by atoms with Gasteiger partial charge in [-0.1, -0.05) is 32.1 Å². The van der Waals surface area contributed by atoms with Gasteiger partial charge in [0, 0.05) is 26.2 Å². The standard InChI is InChI=1S/C20H36O4/c1-4-22-20(23-5-2,24-6-3)16-13-11-9-7-8-10-12-14-19-15-17-21-18-19/h15,17-18H,4-14,16H2,1-3H3. The first-order valence-corrected chi connectivity index (χ1v) is 9.69. The third-order valence-corrected chi connectivity index (χ3v) is 4.12. The maximum atomic E-state index is 5.75. The van der Waals surface area contributed by atoms with Gasteiger partial charge < -0.3 is 18.6 Å². The minimum Gasteiger partial charge on any atom is -0.472 e. The molecule has 0 aromatic carbocycles. The normalized spacial score (nSPS) is 12.0. The molecule has 24 heavy (non-hydrogen) atoms. The van der Waals surface area contributed by atoms with Gasteiger partial charge in [-0.05, 0) is 51.7 Å². The summed E-state index contributed by atoms with van der Waals surface area (Å²) in [6, 6.07) is 2.06. The molecule has 0 fully saturated rings. The molecular formula is C20H36O4. The molecule has 0 saturated heterocycles. The van der Waals surface area contributed by atoms with E-state index >= 15 is 0 Å². The van der Waals surface area contributed by atoms with E-state index in [4.69, 9.17) is 18.6 Å². The minimum atomic E-state index is -0.831. The van der Waals surface area contributed by atoms with Crippen LogP contribution in [0.3, 0.4) is 0 Å². The van der Waals surface area contributed by atoms with Crippen molar-refractivity contribution in [1.29, 1.82) is 0 Å². The summed E-state index contributed by atoms with van der Waals surface area (Å²) in [6.45, 7) is 7.77. The first kappa shape index (κ1) is 21.2. The summed E-state index contributed by atoms with van der Waals surface area (Å²) >= 11 is 0. The Morgan fingerprint density at radius 3 is 1.83 bits per heavy atom. The molecule has 1 aromatic heterocycles. The first-order chi connectivity index (χ1) is 11.8. The molecule has 140 valence electrons. The second-order valence-electron chi connectivity index (χ2n) is 6.09. The zero-order chi connectivity index (χ0) is 17.5. The molecule has 0 unspecified atom stereocenters. The van der Waals surface area contributed by atoms with Gasteiger partial charge in [-0.2, -0.15) is 0 Å². The van der Waals surface area contributed by atoms with E-state index in [1.165, 1.54) is 44.1 Å². The van der Waals surface area contributed by atoms with Crippen LogP contribution in [-0.2, 0) is 20.6 Å². The number of rotatable bonds is 16. The van der Waals surface area contributed by atoms with E-state index in [-0.39, 0.29) is 0 Å². The molecule has 1 aromatic rings. The smallest absolute Gasteiger partial charge is 0.282 e. The van der Waals surface area contributed by atoms with Crippen molar-refractivity contribution in [3.8, 4) is 0 Å². The van der Waals surface area contributed by atoms with Crippen LogP contribution in [0, 0.1) is 0 Å². The molecule has 0 amide bonds. The van der Waals surface area contributed by atoms with Crippen LogP contribution in [0.15, 0.2) is 23.0 Å². The summed E-state index contributed by atoms with van der Waals surface area (Å²) < 4.78 is 22.3. The lowest BCUT2D eigenvalue weighted by atomic mass is 10.1. The molecule has 0 spiro atoms. The van der Waals surface area contributed by atoms with Crippen molar-refractivity contribution in [3.05, 3.63) is 24.2 Å². The van der Waals surface area contributed by atoms with Gasteiger partial charge in [-0.3, -0.25) is 0 Å². The molecule has 0 N–H and O–H groups in total. The van der Waals surface area contributed by atoms with E-state index in [1.54, 1.807) is 6.26 Å². The summed E-state index contributed by atoms with van der Waals surface area (Å²) in [4.78, 5) is 0. The summed E-state index contributed by atoms with van der Waals surface area (Å²) in [5, 5.41) is 0. The van der Waals surface area contributed by atoms with E-state index in [0.29, 0.717) is 19.8 Å². The Bertz CT molecular complexity index is 358. The van der Waals surface area contributed by atoms with Crippen molar-refractivity contribution in [2.75, 3.05) is 19.8 Å². The zero-order valence-electron chi connectivity index (χ0n) is 15.9. The third kappa shape index (κ3) is 8.86. The molecule has 0 atom stereocenters. The molecule has 0 saturated carbocycles. The van der Waals surface area contributed by atoms with E-state index in [9.17, 15) is 0 Å². The van der Waals surface area contributed by atoms with Gasteiger partial charge >= 0.3 is 0 Å². The Balaban J connectivity index is 2.05.